The third kappa shape index (κ3) is 3.77. The summed E-state index contributed by atoms with van der Waals surface area (Å²) in [6, 6.07) is 8.83. The van der Waals surface area contributed by atoms with Crippen molar-refractivity contribution in [2.75, 3.05) is 12.8 Å². The molecule has 6 heteroatoms. The van der Waals surface area contributed by atoms with Crippen LogP contribution in [0.1, 0.15) is 37.1 Å². The number of thioether (sulfide) groups is 1. The zero-order valence-corrected chi connectivity index (χ0v) is 13.7. The van der Waals surface area contributed by atoms with Crippen molar-refractivity contribution in [1.82, 2.24) is 20.1 Å². The Morgan fingerprint density at radius 2 is 2.00 bits per heavy atom. The molecule has 0 fully saturated rings. The Morgan fingerprint density at radius 3 is 2.57 bits per heavy atom. The van der Waals surface area contributed by atoms with Crippen LogP contribution in [0, 0.1) is 6.92 Å². The SMILES string of the molecule is CNC(CSc1n[nH]c(=O)n1C(C)C)c1ccc(C)cc1. The molecule has 0 radical (unpaired) electrons. The van der Waals surface area contributed by atoms with Gasteiger partial charge in [0, 0.05) is 17.8 Å². The molecule has 1 aromatic carbocycles. The van der Waals surface area contributed by atoms with Gasteiger partial charge in [-0.1, -0.05) is 41.6 Å². The maximum atomic E-state index is 11.7. The zero-order valence-electron chi connectivity index (χ0n) is 12.9. The third-order valence-corrected chi connectivity index (χ3v) is 4.44. The van der Waals surface area contributed by atoms with Crippen LogP contribution in [-0.2, 0) is 0 Å². The molecule has 1 atom stereocenters. The molecule has 0 spiro atoms. The maximum absolute atomic E-state index is 11.7. The van der Waals surface area contributed by atoms with Crippen LogP contribution in [0.15, 0.2) is 34.2 Å². The van der Waals surface area contributed by atoms with E-state index in [-0.39, 0.29) is 17.8 Å². The molecule has 0 aliphatic rings. The van der Waals surface area contributed by atoms with Crippen molar-refractivity contribution in [2.24, 2.45) is 0 Å². The van der Waals surface area contributed by atoms with Crippen LogP contribution >= 0.6 is 11.8 Å². The monoisotopic (exact) mass is 306 g/mol. The molecule has 5 nitrogen and oxygen atoms in total. The number of H-pyrrole nitrogens is 1. The van der Waals surface area contributed by atoms with Gasteiger partial charge in [-0.3, -0.25) is 4.57 Å². The lowest BCUT2D eigenvalue weighted by atomic mass is 10.1. The molecule has 1 heterocycles. The number of rotatable bonds is 6. The molecular weight excluding hydrogens is 284 g/mol. The van der Waals surface area contributed by atoms with Gasteiger partial charge in [0.25, 0.3) is 0 Å². The van der Waals surface area contributed by atoms with Crippen molar-refractivity contribution in [3.8, 4) is 0 Å². The summed E-state index contributed by atoms with van der Waals surface area (Å²) in [5.41, 5.74) is 2.34. The van der Waals surface area contributed by atoms with Crippen LogP contribution < -0.4 is 11.0 Å². The van der Waals surface area contributed by atoms with Crippen molar-refractivity contribution >= 4 is 11.8 Å². The van der Waals surface area contributed by atoms with Crippen LogP contribution in [-0.4, -0.2) is 27.6 Å². The minimum Gasteiger partial charge on any atom is -0.312 e. The largest absolute Gasteiger partial charge is 0.344 e. The summed E-state index contributed by atoms with van der Waals surface area (Å²) in [7, 11) is 1.95. The Morgan fingerprint density at radius 1 is 1.33 bits per heavy atom. The zero-order chi connectivity index (χ0) is 15.4. The molecule has 21 heavy (non-hydrogen) atoms. The second-order valence-corrected chi connectivity index (χ2v) is 6.33. The Balaban J connectivity index is 2.10. The van der Waals surface area contributed by atoms with Crippen molar-refractivity contribution in [3.63, 3.8) is 0 Å². The van der Waals surface area contributed by atoms with Gasteiger partial charge in [0.2, 0.25) is 0 Å². The van der Waals surface area contributed by atoms with E-state index in [9.17, 15) is 4.79 Å². The van der Waals surface area contributed by atoms with Gasteiger partial charge in [0.05, 0.1) is 0 Å². The van der Waals surface area contributed by atoms with Gasteiger partial charge in [-0.05, 0) is 33.4 Å². The second kappa shape index (κ2) is 6.95. The highest BCUT2D eigenvalue weighted by atomic mass is 32.2. The highest BCUT2D eigenvalue weighted by Gasteiger charge is 2.15. The van der Waals surface area contributed by atoms with E-state index >= 15 is 0 Å². The number of aromatic nitrogens is 3. The standard InChI is InChI=1S/C15H22N4OS/c1-10(2)19-14(20)17-18-15(19)21-9-13(16-4)12-7-5-11(3)6-8-12/h5-8,10,13,16H,9H2,1-4H3,(H,17,20). The van der Waals surface area contributed by atoms with E-state index in [1.807, 2.05) is 20.9 Å². The van der Waals surface area contributed by atoms with E-state index in [1.54, 1.807) is 16.3 Å². The number of aryl methyl sites for hydroxylation is 1. The van der Waals surface area contributed by atoms with Gasteiger partial charge in [0.15, 0.2) is 5.16 Å². The second-order valence-electron chi connectivity index (χ2n) is 5.34. The molecule has 0 amide bonds. The maximum Gasteiger partial charge on any atom is 0.344 e. The fourth-order valence-corrected chi connectivity index (χ4v) is 3.37. The molecule has 114 valence electrons. The normalized spacial score (nSPS) is 12.8. The molecular formula is C15H22N4OS. The molecule has 0 aliphatic heterocycles. The smallest absolute Gasteiger partial charge is 0.312 e. The van der Waals surface area contributed by atoms with Crippen LogP contribution in [0.25, 0.3) is 0 Å². The molecule has 0 saturated heterocycles. The fourth-order valence-electron chi connectivity index (χ4n) is 2.15. The minimum atomic E-state index is -0.149. The first-order chi connectivity index (χ1) is 10.0. The summed E-state index contributed by atoms with van der Waals surface area (Å²) < 4.78 is 1.69. The lowest BCUT2D eigenvalue weighted by Crippen LogP contribution is -2.21. The average molecular weight is 306 g/mol. The highest BCUT2D eigenvalue weighted by molar-refractivity contribution is 7.99. The van der Waals surface area contributed by atoms with Gasteiger partial charge in [-0.25, -0.2) is 9.89 Å². The third-order valence-electron chi connectivity index (χ3n) is 3.40. The van der Waals surface area contributed by atoms with Crippen LogP contribution in [0.3, 0.4) is 0 Å². The first-order valence-electron chi connectivity index (χ1n) is 7.06. The van der Waals surface area contributed by atoms with Crippen LogP contribution in [0.5, 0.6) is 0 Å². The summed E-state index contributed by atoms with van der Waals surface area (Å²) >= 11 is 1.59. The van der Waals surface area contributed by atoms with Gasteiger partial charge < -0.3 is 5.32 Å². The molecule has 2 rings (SSSR count). The number of hydrogen-bond donors (Lipinski definition) is 2. The van der Waals surface area contributed by atoms with Crippen molar-refractivity contribution < 1.29 is 0 Å². The average Bonchev–Trinajstić information content (AvgIpc) is 2.82. The van der Waals surface area contributed by atoms with E-state index in [1.165, 1.54) is 11.1 Å². The van der Waals surface area contributed by atoms with E-state index in [4.69, 9.17) is 0 Å². The quantitative estimate of drug-likeness (QED) is 0.805. The first-order valence-corrected chi connectivity index (χ1v) is 8.05. The van der Waals surface area contributed by atoms with E-state index in [2.05, 4.69) is 46.7 Å². The molecule has 2 N–H and O–H groups in total. The Labute approximate surface area is 129 Å². The van der Waals surface area contributed by atoms with Crippen LogP contribution in [0.2, 0.25) is 0 Å². The molecule has 0 bridgehead atoms. The molecule has 2 aromatic rings. The summed E-state index contributed by atoms with van der Waals surface area (Å²) in [6.45, 7) is 6.05. The predicted molar refractivity (Wildman–Crippen MR) is 86.9 cm³/mol. The van der Waals surface area contributed by atoms with E-state index in [0.29, 0.717) is 0 Å². The Bertz CT molecular complexity index is 630. The Kier molecular flexibility index (Phi) is 5.25. The summed E-state index contributed by atoms with van der Waals surface area (Å²) in [5, 5.41) is 10.7. The van der Waals surface area contributed by atoms with Crippen molar-refractivity contribution in [1.29, 1.82) is 0 Å². The molecule has 0 saturated carbocycles. The fraction of sp³-hybridized carbons (Fsp3) is 0.467. The van der Waals surface area contributed by atoms with Crippen molar-refractivity contribution in [3.05, 3.63) is 45.9 Å². The number of hydrogen-bond acceptors (Lipinski definition) is 4. The summed E-state index contributed by atoms with van der Waals surface area (Å²) in [4.78, 5) is 11.7. The van der Waals surface area contributed by atoms with Gasteiger partial charge in [-0.2, -0.15) is 0 Å². The summed E-state index contributed by atoms with van der Waals surface area (Å²) in [6.07, 6.45) is 0. The lowest BCUT2D eigenvalue weighted by Gasteiger charge is -2.17. The number of nitrogens with one attached hydrogen (secondary N) is 2. The Hall–Kier alpha value is -1.53. The molecule has 1 unspecified atom stereocenters. The van der Waals surface area contributed by atoms with Crippen LogP contribution in [0.4, 0.5) is 0 Å². The van der Waals surface area contributed by atoms with Gasteiger partial charge in [-0.15, -0.1) is 5.10 Å². The number of nitrogens with zero attached hydrogens (tertiary/aromatic N) is 2. The highest BCUT2D eigenvalue weighted by Crippen LogP contribution is 2.24. The van der Waals surface area contributed by atoms with Gasteiger partial charge >= 0.3 is 5.69 Å². The predicted octanol–water partition coefficient (Wildman–Crippen LogP) is 2.51. The molecule has 0 aliphatic carbocycles. The van der Waals surface area contributed by atoms with Gasteiger partial charge in [0.1, 0.15) is 0 Å². The number of benzene rings is 1. The van der Waals surface area contributed by atoms with E-state index < -0.39 is 0 Å². The lowest BCUT2D eigenvalue weighted by molar-refractivity contribution is 0.533. The number of aromatic amines is 1. The van der Waals surface area contributed by atoms with E-state index in [0.717, 1.165) is 10.9 Å². The topological polar surface area (TPSA) is 62.7 Å². The minimum absolute atomic E-state index is 0.103. The van der Waals surface area contributed by atoms with Crippen molar-refractivity contribution in [2.45, 2.75) is 38.0 Å². The summed E-state index contributed by atoms with van der Waals surface area (Å²) in [5.74, 6) is 0.816. The first kappa shape index (κ1) is 15.9. The molecule has 1 aromatic heterocycles.